The highest BCUT2D eigenvalue weighted by Crippen LogP contribution is 2.27. The molecule has 3 rings (SSSR count). The topological polar surface area (TPSA) is 41.6 Å². The largest absolute Gasteiger partial charge is 0.493 e. The van der Waals surface area contributed by atoms with Crippen LogP contribution in [-0.4, -0.2) is 43.6 Å². The Hall–Kier alpha value is -1.55. The molecule has 2 aliphatic rings. The fraction of sp³-hybridized carbons (Fsp3) is 0.611. The van der Waals surface area contributed by atoms with Crippen LogP contribution in [0.5, 0.6) is 5.75 Å². The molecule has 1 aromatic rings. The Bertz CT molecular complexity index is 504. The minimum Gasteiger partial charge on any atom is -0.493 e. The summed E-state index contributed by atoms with van der Waals surface area (Å²) in [6, 6.07) is 7.97. The van der Waals surface area contributed by atoms with Gasteiger partial charge in [0.2, 0.25) is 5.91 Å². The van der Waals surface area contributed by atoms with Crippen LogP contribution in [-0.2, 0) is 4.79 Å². The summed E-state index contributed by atoms with van der Waals surface area (Å²) in [5.41, 5.74) is 1.18. The van der Waals surface area contributed by atoms with E-state index in [0.29, 0.717) is 13.0 Å². The minimum atomic E-state index is 0.237. The molecule has 4 nitrogen and oxygen atoms in total. The maximum atomic E-state index is 12.4. The summed E-state index contributed by atoms with van der Waals surface area (Å²) in [6.45, 7) is 6.58. The Morgan fingerprint density at radius 1 is 1.27 bits per heavy atom. The predicted octanol–water partition coefficient (Wildman–Crippen LogP) is 2.22. The van der Waals surface area contributed by atoms with Crippen molar-refractivity contribution in [2.75, 3.05) is 32.8 Å². The van der Waals surface area contributed by atoms with Crippen LogP contribution >= 0.6 is 0 Å². The SMILES string of the molecule is Cc1cccc(OCCC(=O)N2CC[C@@H]3CNC[C@@H]3CC2)c1. The summed E-state index contributed by atoms with van der Waals surface area (Å²) in [5, 5.41) is 3.47. The first-order chi connectivity index (χ1) is 10.7. The molecule has 0 unspecified atom stereocenters. The third-order valence-corrected chi connectivity index (χ3v) is 4.95. The molecule has 1 amide bonds. The molecule has 2 heterocycles. The monoisotopic (exact) mass is 302 g/mol. The number of carbonyl (C=O) groups is 1. The van der Waals surface area contributed by atoms with Gasteiger partial charge in [-0.2, -0.15) is 0 Å². The van der Waals surface area contributed by atoms with E-state index in [1.807, 2.05) is 36.1 Å². The second-order valence-electron chi connectivity index (χ2n) is 6.55. The number of hydrogen-bond donors (Lipinski definition) is 1. The number of hydrogen-bond acceptors (Lipinski definition) is 3. The van der Waals surface area contributed by atoms with Gasteiger partial charge in [-0.1, -0.05) is 12.1 Å². The van der Waals surface area contributed by atoms with Crippen LogP contribution in [0.4, 0.5) is 0 Å². The number of carbonyl (C=O) groups excluding carboxylic acids is 1. The third-order valence-electron chi connectivity index (χ3n) is 4.95. The van der Waals surface area contributed by atoms with Crippen LogP contribution in [0, 0.1) is 18.8 Å². The van der Waals surface area contributed by atoms with E-state index >= 15 is 0 Å². The van der Waals surface area contributed by atoms with Crippen LogP contribution in [0.2, 0.25) is 0 Å². The summed E-state index contributed by atoms with van der Waals surface area (Å²) in [7, 11) is 0. The minimum absolute atomic E-state index is 0.237. The zero-order valence-corrected chi connectivity index (χ0v) is 13.4. The van der Waals surface area contributed by atoms with Gasteiger partial charge in [-0.05, 0) is 62.4 Å². The second kappa shape index (κ2) is 7.14. The van der Waals surface area contributed by atoms with E-state index in [-0.39, 0.29) is 5.91 Å². The maximum Gasteiger partial charge on any atom is 0.225 e. The van der Waals surface area contributed by atoms with E-state index in [4.69, 9.17) is 4.74 Å². The van der Waals surface area contributed by atoms with Gasteiger partial charge in [0.25, 0.3) is 0 Å². The zero-order valence-electron chi connectivity index (χ0n) is 13.4. The van der Waals surface area contributed by atoms with Gasteiger partial charge in [0, 0.05) is 13.1 Å². The summed E-state index contributed by atoms with van der Waals surface area (Å²) >= 11 is 0. The number of likely N-dealkylation sites (tertiary alicyclic amines) is 1. The zero-order chi connectivity index (χ0) is 15.4. The quantitative estimate of drug-likeness (QED) is 0.927. The summed E-state index contributed by atoms with van der Waals surface area (Å²) in [6.07, 6.45) is 2.76. The Morgan fingerprint density at radius 3 is 2.68 bits per heavy atom. The van der Waals surface area contributed by atoms with Crippen molar-refractivity contribution in [2.45, 2.75) is 26.2 Å². The number of nitrogens with zero attached hydrogens (tertiary/aromatic N) is 1. The van der Waals surface area contributed by atoms with Gasteiger partial charge < -0.3 is 15.0 Å². The number of ether oxygens (including phenoxy) is 1. The number of benzene rings is 1. The van der Waals surface area contributed by atoms with Gasteiger partial charge in [-0.25, -0.2) is 0 Å². The van der Waals surface area contributed by atoms with Crippen molar-refractivity contribution < 1.29 is 9.53 Å². The van der Waals surface area contributed by atoms with Crippen LogP contribution in [0.25, 0.3) is 0 Å². The number of rotatable bonds is 4. The van der Waals surface area contributed by atoms with Gasteiger partial charge in [-0.15, -0.1) is 0 Å². The van der Waals surface area contributed by atoms with Crippen molar-refractivity contribution in [3.05, 3.63) is 29.8 Å². The normalized spacial score (nSPS) is 24.7. The molecule has 2 saturated heterocycles. The molecule has 2 atom stereocenters. The number of nitrogens with one attached hydrogen (secondary N) is 1. The van der Waals surface area contributed by atoms with Crippen LogP contribution in [0.1, 0.15) is 24.8 Å². The third kappa shape index (κ3) is 3.80. The lowest BCUT2D eigenvalue weighted by molar-refractivity contribution is -0.131. The lowest BCUT2D eigenvalue weighted by atomic mass is 9.92. The molecule has 0 bridgehead atoms. The second-order valence-corrected chi connectivity index (χ2v) is 6.55. The first-order valence-electron chi connectivity index (χ1n) is 8.40. The fourth-order valence-electron chi connectivity index (χ4n) is 3.59. The van der Waals surface area contributed by atoms with E-state index in [0.717, 1.165) is 56.6 Å². The van der Waals surface area contributed by atoms with Crippen LogP contribution in [0.3, 0.4) is 0 Å². The van der Waals surface area contributed by atoms with E-state index in [1.54, 1.807) is 0 Å². The summed E-state index contributed by atoms with van der Waals surface area (Å²) in [5.74, 6) is 2.62. The van der Waals surface area contributed by atoms with Crippen molar-refractivity contribution in [1.29, 1.82) is 0 Å². The first kappa shape index (κ1) is 15.3. The summed E-state index contributed by atoms with van der Waals surface area (Å²) < 4.78 is 5.70. The number of aryl methyl sites for hydroxylation is 1. The standard InChI is InChI=1S/C18H26N2O2/c1-14-3-2-4-17(11-14)22-10-7-18(21)20-8-5-15-12-19-13-16(15)6-9-20/h2-4,11,15-16,19H,5-10,12-13H2,1H3/t15-,16+. The van der Waals surface area contributed by atoms with Crippen molar-refractivity contribution in [3.63, 3.8) is 0 Å². The van der Waals surface area contributed by atoms with Crippen LogP contribution in [0.15, 0.2) is 24.3 Å². The highest BCUT2D eigenvalue weighted by atomic mass is 16.5. The number of amides is 1. The lowest BCUT2D eigenvalue weighted by Crippen LogP contribution is -2.33. The molecule has 0 aliphatic carbocycles. The Labute approximate surface area is 132 Å². The number of fused-ring (bicyclic) bond motifs is 1. The first-order valence-corrected chi connectivity index (χ1v) is 8.40. The molecule has 1 N–H and O–H groups in total. The molecule has 0 spiro atoms. The van der Waals surface area contributed by atoms with Crippen molar-refractivity contribution in [2.24, 2.45) is 11.8 Å². The molecule has 0 saturated carbocycles. The molecule has 1 aromatic carbocycles. The Balaban J connectivity index is 1.44. The van der Waals surface area contributed by atoms with Crippen molar-refractivity contribution in [1.82, 2.24) is 10.2 Å². The van der Waals surface area contributed by atoms with E-state index < -0.39 is 0 Å². The van der Waals surface area contributed by atoms with Gasteiger partial charge in [0.1, 0.15) is 5.75 Å². The van der Waals surface area contributed by atoms with E-state index in [1.165, 1.54) is 5.56 Å². The molecule has 2 fully saturated rings. The smallest absolute Gasteiger partial charge is 0.225 e. The predicted molar refractivity (Wildman–Crippen MR) is 87.0 cm³/mol. The van der Waals surface area contributed by atoms with Gasteiger partial charge in [0.05, 0.1) is 13.0 Å². The Kier molecular flexibility index (Phi) is 4.98. The molecule has 2 aliphatic heterocycles. The molecular weight excluding hydrogens is 276 g/mol. The summed E-state index contributed by atoms with van der Waals surface area (Å²) in [4.78, 5) is 14.4. The molecule has 0 radical (unpaired) electrons. The van der Waals surface area contributed by atoms with Gasteiger partial charge >= 0.3 is 0 Å². The van der Waals surface area contributed by atoms with Crippen molar-refractivity contribution in [3.8, 4) is 5.75 Å². The Morgan fingerprint density at radius 2 is 2.00 bits per heavy atom. The van der Waals surface area contributed by atoms with E-state index in [9.17, 15) is 4.79 Å². The highest BCUT2D eigenvalue weighted by molar-refractivity contribution is 5.76. The van der Waals surface area contributed by atoms with Crippen molar-refractivity contribution >= 4 is 5.91 Å². The lowest BCUT2D eigenvalue weighted by Gasteiger charge is -2.21. The maximum absolute atomic E-state index is 12.4. The van der Waals surface area contributed by atoms with E-state index in [2.05, 4.69) is 5.32 Å². The average Bonchev–Trinajstić information content (AvgIpc) is 2.86. The molecule has 4 heteroatoms. The van der Waals surface area contributed by atoms with Crippen LogP contribution < -0.4 is 10.1 Å². The fourth-order valence-corrected chi connectivity index (χ4v) is 3.59. The molecule has 0 aromatic heterocycles. The molecule has 22 heavy (non-hydrogen) atoms. The van der Waals surface area contributed by atoms with Gasteiger partial charge in [0.15, 0.2) is 0 Å². The highest BCUT2D eigenvalue weighted by Gasteiger charge is 2.31. The molecular formula is C18H26N2O2. The van der Waals surface area contributed by atoms with Gasteiger partial charge in [-0.3, -0.25) is 4.79 Å². The molecule has 120 valence electrons. The average molecular weight is 302 g/mol.